The third-order valence-electron chi connectivity index (χ3n) is 6.80. The fourth-order valence-corrected chi connectivity index (χ4v) is 4.53. The fourth-order valence-electron chi connectivity index (χ4n) is 4.53. The van der Waals surface area contributed by atoms with Gasteiger partial charge in [-0.1, -0.05) is 123 Å². The van der Waals surface area contributed by atoms with Gasteiger partial charge in [-0.15, -0.1) is 0 Å². The van der Waals surface area contributed by atoms with Crippen molar-refractivity contribution >= 4 is 0 Å². The molecule has 182 valence electrons. The summed E-state index contributed by atoms with van der Waals surface area (Å²) in [7, 11) is 4.48. The van der Waals surface area contributed by atoms with Crippen molar-refractivity contribution in [2.75, 3.05) is 27.2 Å². The lowest BCUT2D eigenvalue weighted by Gasteiger charge is -2.18. The Hall–Kier alpha value is -0.0800. The minimum atomic E-state index is 0.750. The molecule has 0 aliphatic carbocycles. The van der Waals surface area contributed by atoms with E-state index in [9.17, 15) is 0 Å². The molecule has 0 rings (SSSR count). The zero-order valence-electron chi connectivity index (χ0n) is 21.8. The lowest BCUT2D eigenvalue weighted by atomic mass is 10.0. The van der Waals surface area contributed by atoms with E-state index in [2.05, 4.69) is 38.2 Å². The molecule has 30 heavy (non-hydrogen) atoms. The highest BCUT2D eigenvalue weighted by atomic mass is 15.1. The predicted molar refractivity (Wildman–Crippen MR) is 139 cm³/mol. The van der Waals surface area contributed by atoms with Crippen LogP contribution in [-0.4, -0.2) is 38.1 Å². The smallest absolute Gasteiger partial charge is 0.00640 e. The SMILES string of the molecule is CCCCCCCCCCC(CCCCCN(C)CCCCCCCCCC)NC. The minimum Gasteiger partial charge on any atom is -0.317 e. The number of nitrogens with one attached hydrogen (secondary N) is 1. The normalized spacial score (nSPS) is 12.7. The van der Waals surface area contributed by atoms with Crippen LogP contribution in [0.4, 0.5) is 0 Å². The molecule has 1 N–H and O–H groups in total. The molecule has 0 aliphatic heterocycles. The Labute approximate surface area is 192 Å². The van der Waals surface area contributed by atoms with Gasteiger partial charge in [0.05, 0.1) is 0 Å². The Morgan fingerprint density at radius 2 is 0.833 bits per heavy atom. The molecule has 1 atom stereocenters. The number of hydrogen-bond acceptors (Lipinski definition) is 2. The first-order chi connectivity index (χ1) is 14.7. The van der Waals surface area contributed by atoms with Gasteiger partial charge in [-0.3, -0.25) is 0 Å². The maximum Gasteiger partial charge on any atom is 0.00640 e. The highest BCUT2D eigenvalue weighted by Crippen LogP contribution is 2.14. The van der Waals surface area contributed by atoms with Crippen LogP contribution in [0.2, 0.25) is 0 Å². The summed E-state index contributed by atoms with van der Waals surface area (Å²) < 4.78 is 0. The van der Waals surface area contributed by atoms with Crippen LogP contribution in [0.3, 0.4) is 0 Å². The van der Waals surface area contributed by atoms with Crippen molar-refractivity contribution in [3.63, 3.8) is 0 Å². The first-order valence-electron chi connectivity index (χ1n) is 14.1. The van der Waals surface area contributed by atoms with Gasteiger partial charge in [0.15, 0.2) is 0 Å². The Balaban J connectivity index is 3.40. The van der Waals surface area contributed by atoms with Crippen molar-refractivity contribution in [2.24, 2.45) is 0 Å². The molecule has 0 heterocycles. The summed E-state index contributed by atoms with van der Waals surface area (Å²) >= 11 is 0. The molecule has 0 aromatic rings. The number of rotatable bonds is 25. The van der Waals surface area contributed by atoms with Crippen LogP contribution in [0.5, 0.6) is 0 Å². The molecule has 0 radical (unpaired) electrons. The highest BCUT2D eigenvalue weighted by molar-refractivity contribution is 4.65. The average Bonchev–Trinajstić information content (AvgIpc) is 2.75. The van der Waals surface area contributed by atoms with Crippen LogP contribution < -0.4 is 5.32 Å². The highest BCUT2D eigenvalue weighted by Gasteiger charge is 2.06. The second kappa shape index (κ2) is 25.2. The zero-order valence-corrected chi connectivity index (χ0v) is 21.8. The topological polar surface area (TPSA) is 15.3 Å². The first kappa shape index (κ1) is 29.9. The molecule has 0 amide bonds. The standard InChI is InChI=1S/C28H60N2/c1-5-7-9-11-13-15-17-20-24-28(29-3)25-21-19-23-27-30(4)26-22-18-16-14-12-10-8-6-2/h28-29H,5-27H2,1-4H3. The van der Waals surface area contributed by atoms with Crippen LogP contribution in [0.15, 0.2) is 0 Å². The summed E-state index contributed by atoms with van der Waals surface area (Å²) in [5.41, 5.74) is 0. The molecule has 0 fully saturated rings. The maximum atomic E-state index is 3.57. The lowest BCUT2D eigenvalue weighted by Crippen LogP contribution is -2.25. The Bertz CT molecular complexity index is 305. The van der Waals surface area contributed by atoms with Crippen molar-refractivity contribution in [1.82, 2.24) is 10.2 Å². The van der Waals surface area contributed by atoms with Gasteiger partial charge < -0.3 is 10.2 Å². The largest absolute Gasteiger partial charge is 0.317 e. The molecule has 0 saturated carbocycles. The monoisotopic (exact) mass is 424 g/mol. The van der Waals surface area contributed by atoms with E-state index in [1.165, 1.54) is 148 Å². The quantitative estimate of drug-likeness (QED) is 0.147. The molecule has 0 spiro atoms. The predicted octanol–water partition coefficient (Wildman–Crippen LogP) is 8.74. The summed E-state index contributed by atoms with van der Waals surface area (Å²) in [5.74, 6) is 0. The minimum absolute atomic E-state index is 0.750. The van der Waals surface area contributed by atoms with Gasteiger partial charge in [-0.05, 0) is 52.9 Å². The summed E-state index contributed by atoms with van der Waals surface area (Å²) in [6.07, 6.45) is 29.8. The Morgan fingerprint density at radius 1 is 0.500 bits per heavy atom. The fraction of sp³-hybridized carbons (Fsp3) is 1.00. The number of nitrogens with zero attached hydrogens (tertiary/aromatic N) is 1. The van der Waals surface area contributed by atoms with Crippen molar-refractivity contribution in [3.8, 4) is 0 Å². The van der Waals surface area contributed by atoms with Crippen LogP contribution in [-0.2, 0) is 0 Å². The van der Waals surface area contributed by atoms with Gasteiger partial charge in [-0.25, -0.2) is 0 Å². The van der Waals surface area contributed by atoms with Gasteiger partial charge in [0.2, 0.25) is 0 Å². The van der Waals surface area contributed by atoms with Gasteiger partial charge >= 0.3 is 0 Å². The molecule has 0 aromatic carbocycles. The third kappa shape index (κ3) is 22.6. The van der Waals surface area contributed by atoms with Crippen molar-refractivity contribution < 1.29 is 0 Å². The van der Waals surface area contributed by atoms with E-state index in [4.69, 9.17) is 0 Å². The summed E-state index contributed by atoms with van der Waals surface area (Å²) in [4.78, 5) is 2.56. The van der Waals surface area contributed by atoms with Crippen molar-refractivity contribution in [3.05, 3.63) is 0 Å². The van der Waals surface area contributed by atoms with Gasteiger partial charge in [0.25, 0.3) is 0 Å². The molecule has 2 heteroatoms. The van der Waals surface area contributed by atoms with E-state index >= 15 is 0 Å². The zero-order chi connectivity index (χ0) is 22.1. The van der Waals surface area contributed by atoms with Gasteiger partial charge in [-0.2, -0.15) is 0 Å². The summed E-state index contributed by atoms with van der Waals surface area (Å²) in [6.45, 7) is 7.19. The van der Waals surface area contributed by atoms with E-state index in [0.717, 1.165) is 6.04 Å². The van der Waals surface area contributed by atoms with E-state index in [0.29, 0.717) is 0 Å². The van der Waals surface area contributed by atoms with Gasteiger partial charge in [0, 0.05) is 6.04 Å². The van der Waals surface area contributed by atoms with Crippen molar-refractivity contribution in [1.29, 1.82) is 0 Å². The number of unbranched alkanes of at least 4 members (excludes halogenated alkanes) is 16. The first-order valence-corrected chi connectivity index (χ1v) is 14.1. The molecule has 0 aliphatic rings. The van der Waals surface area contributed by atoms with E-state index < -0.39 is 0 Å². The summed E-state index contributed by atoms with van der Waals surface area (Å²) in [5, 5.41) is 3.57. The Morgan fingerprint density at radius 3 is 1.23 bits per heavy atom. The van der Waals surface area contributed by atoms with E-state index in [-0.39, 0.29) is 0 Å². The van der Waals surface area contributed by atoms with Crippen LogP contribution in [0.1, 0.15) is 149 Å². The summed E-state index contributed by atoms with van der Waals surface area (Å²) in [6, 6.07) is 0.750. The maximum absolute atomic E-state index is 3.57. The average molecular weight is 425 g/mol. The third-order valence-corrected chi connectivity index (χ3v) is 6.80. The van der Waals surface area contributed by atoms with Crippen LogP contribution in [0.25, 0.3) is 0 Å². The van der Waals surface area contributed by atoms with E-state index in [1.54, 1.807) is 0 Å². The van der Waals surface area contributed by atoms with Crippen LogP contribution in [0, 0.1) is 0 Å². The second-order valence-corrected chi connectivity index (χ2v) is 9.88. The van der Waals surface area contributed by atoms with E-state index in [1.807, 2.05) is 0 Å². The molecule has 0 saturated heterocycles. The van der Waals surface area contributed by atoms with Crippen LogP contribution >= 0.6 is 0 Å². The second-order valence-electron chi connectivity index (χ2n) is 9.88. The molecular formula is C28H60N2. The van der Waals surface area contributed by atoms with Gasteiger partial charge in [0.1, 0.15) is 0 Å². The molecule has 0 aromatic heterocycles. The number of hydrogen-bond donors (Lipinski definition) is 1. The lowest BCUT2D eigenvalue weighted by molar-refractivity contribution is 0.312. The van der Waals surface area contributed by atoms with Crippen molar-refractivity contribution in [2.45, 2.75) is 155 Å². The molecule has 0 bridgehead atoms. The molecule has 1 unspecified atom stereocenters. The Kier molecular flexibility index (Phi) is 25.1. The molecular weight excluding hydrogens is 364 g/mol. The molecule has 2 nitrogen and oxygen atoms in total.